The summed E-state index contributed by atoms with van der Waals surface area (Å²) in [6.45, 7) is 8.48. The Morgan fingerprint density at radius 2 is 1.89 bits per heavy atom. The monoisotopic (exact) mass is 323 g/mol. The number of benzene rings is 1. The zero-order valence-electron chi connectivity index (χ0n) is 11.2. The smallest absolute Gasteiger partial charge is 0.0900 e. The summed E-state index contributed by atoms with van der Waals surface area (Å²) in [5.74, 6) is 0. The summed E-state index contributed by atoms with van der Waals surface area (Å²) < 4.78 is 0. The molecule has 1 heterocycles. The van der Waals surface area contributed by atoms with Crippen LogP contribution in [0.3, 0.4) is 0 Å². The summed E-state index contributed by atoms with van der Waals surface area (Å²) in [5, 5.41) is 1.15. The van der Waals surface area contributed by atoms with Gasteiger partial charge >= 0.3 is 0 Å². The van der Waals surface area contributed by atoms with E-state index in [1.165, 1.54) is 21.6 Å². The molecule has 0 aliphatic rings. The van der Waals surface area contributed by atoms with E-state index in [2.05, 4.69) is 66.8 Å². The number of aryl methyl sites for hydroxylation is 4. The van der Waals surface area contributed by atoms with Crippen molar-refractivity contribution in [3.8, 4) is 0 Å². The van der Waals surface area contributed by atoms with Crippen LogP contribution < -0.4 is 0 Å². The van der Waals surface area contributed by atoms with E-state index in [1.807, 2.05) is 0 Å². The topological polar surface area (TPSA) is 12.9 Å². The van der Waals surface area contributed by atoms with Crippen molar-refractivity contribution in [1.29, 1.82) is 0 Å². The molecule has 0 fully saturated rings. The van der Waals surface area contributed by atoms with Gasteiger partial charge in [-0.05, 0) is 50.8 Å². The summed E-state index contributed by atoms with van der Waals surface area (Å²) >= 11 is 5.59. The van der Waals surface area contributed by atoms with Crippen LogP contribution in [0.5, 0.6) is 0 Å². The molecule has 0 aliphatic heterocycles. The van der Waals surface area contributed by atoms with Gasteiger partial charge in [-0.1, -0.05) is 34.1 Å². The zero-order valence-corrected chi connectivity index (χ0v) is 13.7. The van der Waals surface area contributed by atoms with Crippen molar-refractivity contribution in [2.75, 3.05) is 0 Å². The molecule has 1 atom stereocenters. The molecule has 1 aromatic carbocycles. The van der Waals surface area contributed by atoms with Gasteiger partial charge < -0.3 is 0 Å². The summed E-state index contributed by atoms with van der Waals surface area (Å²) in [4.78, 5) is 6.21. The lowest BCUT2D eigenvalue weighted by molar-refractivity contribution is 0.947. The second kappa shape index (κ2) is 5.54. The van der Waals surface area contributed by atoms with Gasteiger partial charge in [-0.2, -0.15) is 0 Å². The number of nitrogens with zero attached hydrogens (tertiary/aromatic N) is 1. The molecule has 1 nitrogen and oxygen atoms in total. The lowest BCUT2D eigenvalue weighted by Gasteiger charge is -2.10. The standard InChI is InChI=1S/C15H18BrNS/c1-9-5-6-13(7-10(9)2)8-14(16)15-11(3)17-12(4)18-15/h5-7,14H,8H2,1-4H3. The molecule has 0 saturated carbocycles. The number of halogens is 1. The van der Waals surface area contributed by atoms with Crippen molar-refractivity contribution in [2.45, 2.75) is 38.9 Å². The highest BCUT2D eigenvalue weighted by Crippen LogP contribution is 2.33. The number of aromatic nitrogens is 1. The average molecular weight is 324 g/mol. The predicted octanol–water partition coefficient (Wildman–Crippen LogP) is 5.06. The minimum atomic E-state index is 0.366. The van der Waals surface area contributed by atoms with E-state index >= 15 is 0 Å². The molecule has 0 spiro atoms. The van der Waals surface area contributed by atoms with Gasteiger partial charge in [-0.25, -0.2) is 4.98 Å². The number of hydrogen-bond donors (Lipinski definition) is 0. The maximum atomic E-state index is 4.49. The molecule has 96 valence electrons. The minimum Gasteiger partial charge on any atom is -0.247 e. The first-order chi connectivity index (χ1) is 8.47. The van der Waals surface area contributed by atoms with Crippen molar-refractivity contribution in [3.05, 3.63) is 50.5 Å². The number of alkyl halides is 1. The normalized spacial score (nSPS) is 12.7. The highest BCUT2D eigenvalue weighted by Gasteiger charge is 2.15. The molecule has 2 rings (SSSR count). The number of thiazole rings is 1. The van der Waals surface area contributed by atoms with Crippen LogP contribution in [0, 0.1) is 27.7 Å². The van der Waals surface area contributed by atoms with Gasteiger partial charge in [0.2, 0.25) is 0 Å². The van der Waals surface area contributed by atoms with Crippen LogP contribution in [0.1, 0.15) is 37.1 Å². The molecule has 0 radical (unpaired) electrons. The van der Waals surface area contributed by atoms with E-state index in [9.17, 15) is 0 Å². The molecule has 0 N–H and O–H groups in total. The third kappa shape index (κ3) is 3.01. The van der Waals surface area contributed by atoms with Crippen molar-refractivity contribution in [1.82, 2.24) is 4.98 Å². The molecular weight excluding hydrogens is 306 g/mol. The molecule has 0 bridgehead atoms. The van der Waals surface area contributed by atoms with Crippen molar-refractivity contribution < 1.29 is 0 Å². The third-order valence-corrected chi connectivity index (χ3v) is 5.48. The Labute approximate surface area is 121 Å². The number of rotatable bonds is 3. The van der Waals surface area contributed by atoms with Gasteiger partial charge in [0.25, 0.3) is 0 Å². The predicted molar refractivity (Wildman–Crippen MR) is 82.9 cm³/mol. The van der Waals surface area contributed by atoms with Gasteiger partial charge in [-0.3, -0.25) is 0 Å². The van der Waals surface area contributed by atoms with E-state index in [-0.39, 0.29) is 0 Å². The zero-order chi connectivity index (χ0) is 13.3. The highest BCUT2D eigenvalue weighted by molar-refractivity contribution is 9.09. The van der Waals surface area contributed by atoms with Gasteiger partial charge in [0.15, 0.2) is 0 Å². The maximum absolute atomic E-state index is 4.49. The van der Waals surface area contributed by atoms with Crippen LogP contribution in [0.2, 0.25) is 0 Å². The number of hydrogen-bond acceptors (Lipinski definition) is 2. The second-order valence-corrected chi connectivity index (χ2v) is 7.11. The second-order valence-electron chi connectivity index (χ2n) is 4.77. The lowest BCUT2D eigenvalue weighted by Crippen LogP contribution is -1.96. The van der Waals surface area contributed by atoms with Crippen molar-refractivity contribution in [2.24, 2.45) is 0 Å². The highest BCUT2D eigenvalue weighted by atomic mass is 79.9. The van der Waals surface area contributed by atoms with Crippen LogP contribution in [-0.2, 0) is 6.42 Å². The summed E-state index contributed by atoms with van der Waals surface area (Å²) in [7, 11) is 0. The van der Waals surface area contributed by atoms with Gasteiger partial charge in [0, 0.05) is 4.88 Å². The lowest BCUT2D eigenvalue weighted by atomic mass is 10.0. The Kier molecular flexibility index (Phi) is 4.23. The first-order valence-electron chi connectivity index (χ1n) is 6.11. The fourth-order valence-corrected chi connectivity index (χ4v) is 3.96. The van der Waals surface area contributed by atoms with Crippen LogP contribution in [0.4, 0.5) is 0 Å². The van der Waals surface area contributed by atoms with Crippen LogP contribution in [0.25, 0.3) is 0 Å². The molecular formula is C15H18BrNS. The first-order valence-corrected chi connectivity index (χ1v) is 7.84. The van der Waals surface area contributed by atoms with Gasteiger partial charge in [-0.15, -0.1) is 11.3 Å². The molecule has 1 aromatic heterocycles. The quantitative estimate of drug-likeness (QED) is 0.720. The molecule has 0 saturated heterocycles. The molecule has 2 aromatic rings. The van der Waals surface area contributed by atoms with Crippen LogP contribution in [-0.4, -0.2) is 4.98 Å². The summed E-state index contributed by atoms with van der Waals surface area (Å²) in [6, 6.07) is 6.71. The molecule has 0 amide bonds. The van der Waals surface area contributed by atoms with Crippen LogP contribution in [0.15, 0.2) is 18.2 Å². The Morgan fingerprint density at radius 1 is 1.17 bits per heavy atom. The fraction of sp³-hybridized carbons (Fsp3) is 0.400. The molecule has 3 heteroatoms. The van der Waals surface area contributed by atoms with Crippen molar-refractivity contribution in [3.63, 3.8) is 0 Å². The summed E-state index contributed by atoms with van der Waals surface area (Å²) in [6.07, 6.45) is 1.02. The minimum absolute atomic E-state index is 0.366. The maximum Gasteiger partial charge on any atom is 0.0900 e. The largest absolute Gasteiger partial charge is 0.247 e. The Hall–Kier alpha value is -0.670. The van der Waals surface area contributed by atoms with E-state index in [0.29, 0.717) is 4.83 Å². The summed E-state index contributed by atoms with van der Waals surface area (Å²) in [5.41, 5.74) is 5.26. The average Bonchev–Trinajstić information content (AvgIpc) is 2.63. The van der Waals surface area contributed by atoms with E-state index < -0.39 is 0 Å². The Morgan fingerprint density at radius 3 is 2.44 bits per heavy atom. The van der Waals surface area contributed by atoms with Gasteiger partial charge in [0.1, 0.15) is 0 Å². The van der Waals surface area contributed by atoms with Crippen LogP contribution >= 0.6 is 27.3 Å². The molecule has 1 unspecified atom stereocenters. The molecule has 18 heavy (non-hydrogen) atoms. The van der Waals surface area contributed by atoms with E-state index in [0.717, 1.165) is 17.1 Å². The Balaban J connectivity index is 2.18. The first kappa shape index (κ1) is 13.8. The third-order valence-electron chi connectivity index (χ3n) is 3.21. The van der Waals surface area contributed by atoms with Gasteiger partial charge in [0.05, 0.1) is 15.5 Å². The van der Waals surface area contributed by atoms with E-state index in [1.54, 1.807) is 11.3 Å². The van der Waals surface area contributed by atoms with Crippen molar-refractivity contribution >= 4 is 27.3 Å². The fourth-order valence-electron chi connectivity index (χ4n) is 2.07. The SMILES string of the molecule is Cc1nc(C)c(C(Br)Cc2ccc(C)c(C)c2)s1. The Bertz CT molecular complexity index is 560. The van der Waals surface area contributed by atoms with E-state index in [4.69, 9.17) is 0 Å². The molecule has 0 aliphatic carbocycles.